The number of thiazole rings is 1. The van der Waals surface area contributed by atoms with Gasteiger partial charge >= 0.3 is 5.97 Å². The van der Waals surface area contributed by atoms with Crippen molar-refractivity contribution in [2.45, 2.75) is 33.6 Å². The SMILES string of the molecule is CCOC(=O)c1nc(C(C)C)c(C)s1. The summed E-state index contributed by atoms with van der Waals surface area (Å²) in [4.78, 5) is 16.7. The molecule has 0 aliphatic rings. The lowest BCUT2D eigenvalue weighted by Gasteiger charge is -1.99. The second-order valence-corrected chi connectivity index (χ2v) is 4.54. The first-order valence-corrected chi connectivity index (χ1v) is 5.52. The van der Waals surface area contributed by atoms with E-state index in [0.29, 0.717) is 17.5 Å². The molecule has 0 aromatic carbocycles. The van der Waals surface area contributed by atoms with E-state index in [9.17, 15) is 4.79 Å². The third-order valence-electron chi connectivity index (χ3n) is 1.83. The van der Waals surface area contributed by atoms with Crippen LogP contribution in [0.3, 0.4) is 0 Å². The largest absolute Gasteiger partial charge is 0.461 e. The minimum absolute atomic E-state index is 0.312. The summed E-state index contributed by atoms with van der Waals surface area (Å²) in [6, 6.07) is 0. The van der Waals surface area contributed by atoms with Crippen LogP contribution >= 0.6 is 11.3 Å². The summed E-state index contributed by atoms with van der Waals surface area (Å²) >= 11 is 1.41. The molecular formula is C10H15NO2S. The van der Waals surface area contributed by atoms with Gasteiger partial charge in [-0.2, -0.15) is 0 Å². The van der Waals surface area contributed by atoms with Gasteiger partial charge in [0, 0.05) is 4.88 Å². The fraction of sp³-hybridized carbons (Fsp3) is 0.600. The van der Waals surface area contributed by atoms with Gasteiger partial charge in [-0.05, 0) is 19.8 Å². The summed E-state index contributed by atoms with van der Waals surface area (Å²) in [7, 11) is 0. The second-order valence-electron chi connectivity index (χ2n) is 3.34. The lowest BCUT2D eigenvalue weighted by Crippen LogP contribution is -2.04. The molecule has 0 atom stereocenters. The molecule has 0 aliphatic heterocycles. The third-order valence-corrected chi connectivity index (χ3v) is 2.80. The Hall–Kier alpha value is -0.900. The van der Waals surface area contributed by atoms with E-state index in [4.69, 9.17) is 4.74 Å². The predicted octanol–water partition coefficient (Wildman–Crippen LogP) is 2.75. The van der Waals surface area contributed by atoms with Crippen molar-refractivity contribution in [3.8, 4) is 0 Å². The minimum Gasteiger partial charge on any atom is -0.461 e. The molecule has 1 rings (SSSR count). The van der Waals surface area contributed by atoms with Crippen molar-refractivity contribution < 1.29 is 9.53 Å². The molecule has 14 heavy (non-hydrogen) atoms. The first-order chi connectivity index (χ1) is 6.56. The zero-order valence-corrected chi connectivity index (χ0v) is 9.77. The van der Waals surface area contributed by atoms with Crippen LogP contribution in [-0.2, 0) is 4.74 Å². The number of carbonyl (C=O) groups excluding carboxylic acids is 1. The van der Waals surface area contributed by atoms with Gasteiger partial charge in [0.25, 0.3) is 0 Å². The Kier molecular flexibility index (Phi) is 3.63. The molecule has 0 N–H and O–H groups in total. The normalized spacial score (nSPS) is 10.6. The molecule has 0 bridgehead atoms. The van der Waals surface area contributed by atoms with Crippen LogP contribution in [0, 0.1) is 6.92 Å². The second kappa shape index (κ2) is 4.55. The van der Waals surface area contributed by atoms with Gasteiger partial charge in [-0.1, -0.05) is 13.8 Å². The molecule has 3 nitrogen and oxygen atoms in total. The summed E-state index contributed by atoms with van der Waals surface area (Å²) in [5.41, 5.74) is 0.998. The number of carbonyl (C=O) groups is 1. The number of rotatable bonds is 3. The zero-order valence-electron chi connectivity index (χ0n) is 8.96. The average Bonchev–Trinajstić information content (AvgIpc) is 2.48. The van der Waals surface area contributed by atoms with Gasteiger partial charge in [-0.3, -0.25) is 0 Å². The average molecular weight is 213 g/mol. The molecule has 0 amide bonds. The van der Waals surface area contributed by atoms with Crippen LogP contribution in [0.15, 0.2) is 0 Å². The molecule has 1 heterocycles. The van der Waals surface area contributed by atoms with E-state index in [0.717, 1.165) is 10.6 Å². The maximum atomic E-state index is 11.4. The number of aromatic nitrogens is 1. The van der Waals surface area contributed by atoms with Crippen LogP contribution in [0.2, 0.25) is 0 Å². The molecule has 78 valence electrons. The Labute approximate surface area is 88.1 Å². The fourth-order valence-electron chi connectivity index (χ4n) is 1.22. The molecular weight excluding hydrogens is 198 g/mol. The third kappa shape index (κ3) is 2.32. The van der Waals surface area contributed by atoms with Crippen LogP contribution in [0.1, 0.15) is 47.1 Å². The zero-order chi connectivity index (χ0) is 10.7. The Morgan fingerprint density at radius 2 is 2.21 bits per heavy atom. The Bertz CT molecular complexity index is 331. The van der Waals surface area contributed by atoms with Crippen LogP contribution in [-0.4, -0.2) is 17.6 Å². The van der Waals surface area contributed by atoms with Crippen LogP contribution in [0.5, 0.6) is 0 Å². The maximum absolute atomic E-state index is 11.4. The van der Waals surface area contributed by atoms with E-state index in [2.05, 4.69) is 18.8 Å². The van der Waals surface area contributed by atoms with E-state index in [1.54, 1.807) is 6.92 Å². The monoisotopic (exact) mass is 213 g/mol. The first kappa shape index (κ1) is 11.2. The molecule has 0 radical (unpaired) electrons. The molecule has 1 aromatic heterocycles. The molecule has 4 heteroatoms. The lowest BCUT2D eigenvalue weighted by molar-refractivity contribution is 0.0525. The van der Waals surface area contributed by atoms with Crippen molar-refractivity contribution in [1.82, 2.24) is 4.98 Å². The van der Waals surface area contributed by atoms with E-state index < -0.39 is 0 Å². The summed E-state index contributed by atoms with van der Waals surface area (Å²) in [6.45, 7) is 8.31. The van der Waals surface area contributed by atoms with Gasteiger partial charge in [-0.25, -0.2) is 9.78 Å². The van der Waals surface area contributed by atoms with E-state index in [1.807, 2.05) is 6.92 Å². The highest BCUT2D eigenvalue weighted by Gasteiger charge is 2.16. The Morgan fingerprint density at radius 1 is 1.57 bits per heavy atom. The summed E-state index contributed by atoms with van der Waals surface area (Å²) in [6.07, 6.45) is 0. The number of nitrogens with zero attached hydrogens (tertiary/aromatic N) is 1. The Balaban J connectivity index is 2.90. The maximum Gasteiger partial charge on any atom is 0.367 e. The number of hydrogen-bond acceptors (Lipinski definition) is 4. The van der Waals surface area contributed by atoms with Gasteiger partial charge in [0.2, 0.25) is 5.01 Å². The minimum atomic E-state index is -0.312. The van der Waals surface area contributed by atoms with Crippen molar-refractivity contribution in [1.29, 1.82) is 0 Å². The molecule has 1 aromatic rings. The smallest absolute Gasteiger partial charge is 0.367 e. The fourth-order valence-corrected chi connectivity index (χ4v) is 2.19. The van der Waals surface area contributed by atoms with E-state index in [-0.39, 0.29) is 5.97 Å². The van der Waals surface area contributed by atoms with Crippen molar-refractivity contribution in [3.63, 3.8) is 0 Å². The van der Waals surface area contributed by atoms with Crippen molar-refractivity contribution in [2.24, 2.45) is 0 Å². The number of hydrogen-bond donors (Lipinski definition) is 0. The molecule has 0 spiro atoms. The van der Waals surface area contributed by atoms with E-state index >= 15 is 0 Å². The van der Waals surface area contributed by atoms with Gasteiger partial charge in [-0.15, -0.1) is 11.3 Å². The van der Waals surface area contributed by atoms with Gasteiger partial charge < -0.3 is 4.74 Å². The topological polar surface area (TPSA) is 39.2 Å². The van der Waals surface area contributed by atoms with Crippen LogP contribution in [0.4, 0.5) is 0 Å². The van der Waals surface area contributed by atoms with Gasteiger partial charge in [0.1, 0.15) is 0 Å². The Morgan fingerprint density at radius 3 is 2.64 bits per heavy atom. The number of esters is 1. The van der Waals surface area contributed by atoms with Crippen LogP contribution < -0.4 is 0 Å². The highest BCUT2D eigenvalue weighted by molar-refractivity contribution is 7.13. The first-order valence-electron chi connectivity index (χ1n) is 4.70. The highest BCUT2D eigenvalue weighted by Crippen LogP contribution is 2.24. The highest BCUT2D eigenvalue weighted by atomic mass is 32.1. The number of ether oxygens (including phenoxy) is 1. The molecule has 0 saturated carbocycles. The van der Waals surface area contributed by atoms with Gasteiger partial charge in [0.05, 0.1) is 12.3 Å². The van der Waals surface area contributed by atoms with Gasteiger partial charge in [0.15, 0.2) is 0 Å². The molecule has 0 unspecified atom stereocenters. The summed E-state index contributed by atoms with van der Waals surface area (Å²) in [5, 5.41) is 0.466. The molecule has 0 saturated heterocycles. The van der Waals surface area contributed by atoms with Crippen molar-refractivity contribution in [2.75, 3.05) is 6.61 Å². The van der Waals surface area contributed by atoms with Crippen molar-refractivity contribution >= 4 is 17.3 Å². The van der Waals surface area contributed by atoms with Crippen molar-refractivity contribution in [3.05, 3.63) is 15.6 Å². The quantitative estimate of drug-likeness (QED) is 0.725. The summed E-state index contributed by atoms with van der Waals surface area (Å²) in [5.74, 6) is 0.0435. The number of aryl methyl sites for hydroxylation is 1. The standard InChI is InChI=1S/C10H15NO2S/c1-5-13-10(12)9-11-8(6(2)3)7(4)14-9/h6H,5H2,1-4H3. The molecule has 0 fully saturated rings. The summed E-state index contributed by atoms with van der Waals surface area (Å²) < 4.78 is 4.88. The lowest BCUT2D eigenvalue weighted by atomic mass is 10.1. The van der Waals surface area contributed by atoms with E-state index in [1.165, 1.54) is 11.3 Å². The van der Waals surface area contributed by atoms with Crippen LogP contribution in [0.25, 0.3) is 0 Å². The molecule has 0 aliphatic carbocycles. The predicted molar refractivity (Wildman–Crippen MR) is 56.9 cm³/mol.